The molecule has 18 heavy (non-hydrogen) atoms. The van der Waals surface area contributed by atoms with E-state index in [0.29, 0.717) is 11.4 Å². The number of rotatable bonds is 4. The minimum Gasteiger partial charge on any atom is -0.375 e. The van der Waals surface area contributed by atoms with Crippen LogP contribution in [-0.4, -0.2) is 27.6 Å². The summed E-state index contributed by atoms with van der Waals surface area (Å²) in [6.45, 7) is 0. The van der Waals surface area contributed by atoms with Gasteiger partial charge in [-0.05, 0) is 36.6 Å². The third kappa shape index (κ3) is 5.82. The van der Waals surface area contributed by atoms with Gasteiger partial charge in [-0.25, -0.2) is 4.98 Å². The van der Waals surface area contributed by atoms with E-state index in [1.165, 1.54) is 12.4 Å². The second kappa shape index (κ2) is 7.25. The summed E-state index contributed by atoms with van der Waals surface area (Å²) in [6, 6.07) is 5.34. The van der Waals surface area contributed by atoms with Gasteiger partial charge in [-0.1, -0.05) is 6.07 Å². The number of nitrogens with two attached hydrogens (primary N) is 2. The highest BCUT2D eigenvalue weighted by molar-refractivity contribution is 7.80. The molecule has 0 aliphatic heterocycles. The minimum atomic E-state index is 0.0876. The molecule has 9 heteroatoms. The number of pyridine rings is 1. The van der Waals surface area contributed by atoms with Crippen molar-refractivity contribution < 1.29 is 0 Å². The fourth-order valence-corrected chi connectivity index (χ4v) is 1.04. The predicted molar refractivity (Wildman–Crippen MR) is 79.3 cm³/mol. The smallest absolute Gasteiger partial charge is 0.184 e. The van der Waals surface area contributed by atoms with Gasteiger partial charge in [-0.3, -0.25) is 10.9 Å². The summed E-state index contributed by atoms with van der Waals surface area (Å²) in [5.74, 6) is 0. The molecular weight excluding hydrogens is 270 g/mol. The van der Waals surface area contributed by atoms with Gasteiger partial charge in [0.1, 0.15) is 0 Å². The summed E-state index contributed by atoms with van der Waals surface area (Å²) in [5, 5.41) is 7.75. The Hall–Kier alpha value is -2.13. The van der Waals surface area contributed by atoms with Crippen molar-refractivity contribution >= 4 is 47.1 Å². The van der Waals surface area contributed by atoms with Crippen molar-refractivity contribution in [2.24, 2.45) is 21.7 Å². The van der Waals surface area contributed by atoms with Crippen LogP contribution in [0.3, 0.4) is 0 Å². The topological polar surface area (TPSA) is 114 Å². The molecule has 1 aromatic rings. The Bertz CT molecular complexity index is 456. The number of aromatic nitrogens is 1. The zero-order valence-electron chi connectivity index (χ0n) is 9.20. The van der Waals surface area contributed by atoms with Crippen LogP contribution in [0.25, 0.3) is 0 Å². The summed E-state index contributed by atoms with van der Waals surface area (Å²) in [5.41, 5.74) is 16.5. The van der Waals surface area contributed by atoms with Crippen LogP contribution in [-0.2, 0) is 0 Å². The molecular formula is C9H11N7S2. The van der Waals surface area contributed by atoms with Gasteiger partial charge >= 0.3 is 0 Å². The van der Waals surface area contributed by atoms with Crippen LogP contribution in [0.15, 0.2) is 28.4 Å². The van der Waals surface area contributed by atoms with Gasteiger partial charge in [-0.2, -0.15) is 10.2 Å². The highest BCUT2D eigenvalue weighted by atomic mass is 32.1. The number of thiocarbonyl (C=S) groups is 2. The van der Waals surface area contributed by atoms with Crippen molar-refractivity contribution in [3.8, 4) is 0 Å². The first-order valence-electron chi connectivity index (χ1n) is 4.72. The third-order valence-corrected chi connectivity index (χ3v) is 1.72. The zero-order chi connectivity index (χ0) is 13.4. The van der Waals surface area contributed by atoms with Gasteiger partial charge in [0.25, 0.3) is 0 Å². The Morgan fingerprint density at radius 3 is 1.89 bits per heavy atom. The normalized spacial score (nSPS) is 10.7. The fraction of sp³-hybridized carbons (Fsp3) is 0. The second-order valence-electron chi connectivity index (χ2n) is 2.96. The maximum Gasteiger partial charge on any atom is 0.184 e. The number of hydrazone groups is 2. The van der Waals surface area contributed by atoms with Crippen LogP contribution >= 0.6 is 24.4 Å². The van der Waals surface area contributed by atoms with E-state index in [9.17, 15) is 0 Å². The standard InChI is InChI=1S/C9H11N7S2/c10-8(17)15-12-4-6-2-1-3-7(14-6)5-13-16-9(11)18/h1-5H,(H3,10,15,17)(H3,11,16,18)/b12-4+,13-5+. The van der Waals surface area contributed by atoms with Crippen LogP contribution in [0.2, 0.25) is 0 Å². The SMILES string of the molecule is NC(=S)N/N=C/c1cccc(/C=N/NC(N)=S)n1. The van der Waals surface area contributed by atoms with Crippen LogP contribution in [0.1, 0.15) is 11.4 Å². The van der Waals surface area contributed by atoms with E-state index in [1.807, 2.05) is 0 Å². The Labute approximate surface area is 114 Å². The van der Waals surface area contributed by atoms with E-state index in [2.05, 4.69) is 50.5 Å². The molecule has 0 spiro atoms. The van der Waals surface area contributed by atoms with Crippen LogP contribution < -0.4 is 22.3 Å². The summed E-state index contributed by atoms with van der Waals surface area (Å²) in [7, 11) is 0. The molecule has 6 N–H and O–H groups in total. The van der Waals surface area contributed by atoms with E-state index < -0.39 is 0 Å². The molecule has 0 aliphatic carbocycles. The lowest BCUT2D eigenvalue weighted by molar-refractivity contribution is 1.03. The molecule has 0 unspecified atom stereocenters. The zero-order valence-corrected chi connectivity index (χ0v) is 10.8. The molecule has 0 aromatic carbocycles. The van der Waals surface area contributed by atoms with Crippen molar-refractivity contribution in [3.63, 3.8) is 0 Å². The van der Waals surface area contributed by atoms with Gasteiger partial charge in [0.05, 0.1) is 23.8 Å². The molecule has 94 valence electrons. The highest BCUT2D eigenvalue weighted by Gasteiger charge is 1.93. The summed E-state index contributed by atoms with van der Waals surface area (Å²) >= 11 is 9.19. The minimum absolute atomic E-state index is 0.0876. The first-order chi connectivity index (χ1) is 8.58. The molecule has 0 atom stereocenters. The second-order valence-corrected chi connectivity index (χ2v) is 3.84. The maximum atomic E-state index is 5.21. The molecule has 0 saturated carbocycles. The largest absolute Gasteiger partial charge is 0.375 e. The summed E-state index contributed by atoms with van der Waals surface area (Å²) < 4.78 is 0. The highest BCUT2D eigenvalue weighted by Crippen LogP contribution is 1.94. The van der Waals surface area contributed by atoms with Crippen molar-refractivity contribution in [3.05, 3.63) is 29.6 Å². The lowest BCUT2D eigenvalue weighted by atomic mass is 10.3. The Balaban J connectivity index is 2.67. The van der Waals surface area contributed by atoms with Crippen molar-refractivity contribution in [2.45, 2.75) is 0 Å². The average molecular weight is 281 g/mol. The maximum absolute atomic E-state index is 5.21. The van der Waals surface area contributed by atoms with Crippen LogP contribution in [0, 0.1) is 0 Å². The lowest BCUT2D eigenvalue weighted by Crippen LogP contribution is -2.24. The Morgan fingerprint density at radius 1 is 1.06 bits per heavy atom. The van der Waals surface area contributed by atoms with E-state index in [0.717, 1.165) is 0 Å². The Morgan fingerprint density at radius 2 is 1.50 bits per heavy atom. The monoisotopic (exact) mass is 281 g/mol. The predicted octanol–water partition coefficient (Wildman–Crippen LogP) is -0.584. The molecule has 7 nitrogen and oxygen atoms in total. The molecule has 0 amide bonds. The molecule has 0 aliphatic rings. The molecule has 0 saturated heterocycles. The van der Waals surface area contributed by atoms with Gasteiger partial charge in [0.15, 0.2) is 10.2 Å². The van der Waals surface area contributed by atoms with Crippen LogP contribution in [0.5, 0.6) is 0 Å². The van der Waals surface area contributed by atoms with Crippen molar-refractivity contribution in [1.29, 1.82) is 0 Å². The first kappa shape index (κ1) is 13.9. The van der Waals surface area contributed by atoms with Gasteiger partial charge < -0.3 is 11.5 Å². The van der Waals surface area contributed by atoms with Crippen LogP contribution in [0.4, 0.5) is 0 Å². The molecule has 0 radical (unpaired) electrons. The Kier molecular flexibility index (Phi) is 5.61. The van der Waals surface area contributed by atoms with E-state index >= 15 is 0 Å². The number of nitrogens with one attached hydrogen (secondary N) is 2. The molecule has 1 aromatic heterocycles. The van der Waals surface area contributed by atoms with Gasteiger partial charge in [-0.15, -0.1) is 0 Å². The summed E-state index contributed by atoms with van der Waals surface area (Å²) in [6.07, 6.45) is 2.97. The lowest BCUT2D eigenvalue weighted by Gasteiger charge is -1.97. The fourth-order valence-electron chi connectivity index (χ4n) is 0.937. The molecule has 0 bridgehead atoms. The average Bonchev–Trinajstić information content (AvgIpc) is 2.28. The van der Waals surface area contributed by atoms with E-state index in [1.54, 1.807) is 18.2 Å². The first-order valence-corrected chi connectivity index (χ1v) is 5.53. The quantitative estimate of drug-likeness (QED) is 0.331. The molecule has 0 fully saturated rings. The number of hydrogen-bond donors (Lipinski definition) is 4. The van der Waals surface area contributed by atoms with Gasteiger partial charge in [0.2, 0.25) is 0 Å². The van der Waals surface area contributed by atoms with Crippen molar-refractivity contribution in [1.82, 2.24) is 15.8 Å². The van der Waals surface area contributed by atoms with Crippen molar-refractivity contribution in [2.75, 3.05) is 0 Å². The third-order valence-electron chi connectivity index (χ3n) is 1.54. The van der Waals surface area contributed by atoms with Gasteiger partial charge in [0, 0.05) is 0 Å². The van der Waals surface area contributed by atoms with E-state index in [4.69, 9.17) is 11.5 Å². The number of nitrogens with zero attached hydrogens (tertiary/aromatic N) is 3. The molecule has 1 rings (SSSR count). The van der Waals surface area contributed by atoms with E-state index in [-0.39, 0.29) is 10.2 Å². The number of hydrogen-bond acceptors (Lipinski definition) is 5. The summed E-state index contributed by atoms with van der Waals surface area (Å²) in [4.78, 5) is 4.22. The molecule has 1 heterocycles.